The van der Waals surface area contributed by atoms with Gasteiger partial charge in [0.15, 0.2) is 0 Å². The van der Waals surface area contributed by atoms with E-state index in [0.29, 0.717) is 32.6 Å². The number of aliphatic carboxylic acids is 1. The summed E-state index contributed by atoms with van der Waals surface area (Å²) in [5.74, 6) is -0.960. The van der Waals surface area contributed by atoms with Crippen LogP contribution >= 0.6 is 0 Å². The molecule has 1 aliphatic rings. The summed E-state index contributed by atoms with van der Waals surface area (Å²) in [7, 11) is 0. The SMILES string of the molecule is N[C@@H](CCCCNC(=O)[C@@H]1CCOC1)C(=O)O. The van der Waals surface area contributed by atoms with Gasteiger partial charge >= 0.3 is 5.97 Å². The van der Waals surface area contributed by atoms with Gasteiger partial charge in [-0.3, -0.25) is 9.59 Å². The monoisotopic (exact) mass is 244 g/mol. The van der Waals surface area contributed by atoms with Gasteiger partial charge in [-0.15, -0.1) is 0 Å². The van der Waals surface area contributed by atoms with Crippen molar-refractivity contribution in [3.63, 3.8) is 0 Å². The molecule has 2 atom stereocenters. The second kappa shape index (κ2) is 7.24. The third kappa shape index (κ3) is 5.14. The smallest absolute Gasteiger partial charge is 0.320 e. The van der Waals surface area contributed by atoms with E-state index in [1.165, 1.54) is 0 Å². The molecule has 98 valence electrons. The molecule has 0 bridgehead atoms. The van der Waals surface area contributed by atoms with E-state index in [1.807, 2.05) is 0 Å². The van der Waals surface area contributed by atoms with Crippen molar-refractivity contribution in [1.82, 2.24) is 5.32 Å². The molecule has 1 aliphatic heterocycles. The maximum Gasteiger partial charge on any atom is 0.320 e. The fourth-order valence-electron chi connectivity index (χ4n) is 1.71. The van der Waals surface area contributed by atoms with Crippen LogP contribution in [0, 0.1) is 5.92 Å². The van der Waals surface area contributed by atoms with Crippen molar-refractivity contribution < 1.29 is 19.4 Å². The van der Waals surface area contributed by atoms with Crippen LogP contribution in [0.4, 0.5) is 0 Å². The van der Waals surface area contributed by atoms with E-state index in [1.54, 1.807) is 0 Å². The van der Waals surface area contributed by atoms with Crippen LogP contribution in [0.3, 0.4) is 0 Å². The van der Waals surface area contributed by atoms with Crippen LogP contribution < -0.4 is 11.1 Å². The minimum Gasteiger partial charge on any atom is -0.480 e. The summed E-state index contributed by atoms with van der Waals surface area (Å²) in [5.41, 5.74) is 5.35. The Morgan fingerprint density at radius 1 is 1.47 bits per heavy atom. The first-order chi connectivity index (χ1) is 8.11. The van der Waals surface area contributed by atoms with Crippen LogP contribution in [-0.2, 0) is 14.3 Å². The molecule has 1 fully saturated rings. The number of nitrogens with one attached hydrogen (secondary N) is 1. The maximum absolute atomic E-state index is 11.5. The van der Waals surface area contributed by atoms with Crippen molar-refractivity contribution in [3.05, 3.63) is 0 Å². The summed E-state index contributed by atoms with van der Waals surface area (Å²) in [6, 6.07) is -0.797. The zero-order valence-electron chi connectivity index (χ0n) is 9.85. The zero-order valence-corrected chi connectivity index (χ0v) is 9.85. The van der Waals surface area contributed by atoms with Gasteiger partial charge < -0.3 is 20.9 Å². The molecule has 1 rings (SSSR count). The summed E-state index contributed by atoms with van der Waals surface area (Å²) in [6.45, 7) is 1.74. The molecular formula is C11H20N2O4. The second-order valence-electron chi connectivity index (χ2n) is 4.29. The Morgan fingerprint density at radius 2 is 2.24 bits per heavy atom. The van der Waals surface area contributed by atoms with Crippen molar-refractivity contribution in [3.8, 4) is 0 Å². The largest absolute Gasteiger partial charge is 0.480 e. The standard InChI is InChI=1S/C11H20N2O4/c12-9(11(15)16)3-1-2-5-13-10(14)8-4-6-17-7-8/h8-9H,1-7,12H2,(H,13,14)(H,15,16)/t8-,9+/m1/s1. The summed E-state index contributed by atoms with van der Waals surface area (Å²) in [5, 5.41) is 11.4. The lowest BCUT2D eigenvalue weighted by Gasteiger charge is -2.09. The van der Waals surface area contributed by atoms with Gasteiger partial charge in [-0.1, -0.05) is 0 Å². The third-order valence-electron chi connectivity index (χ3n) is 2.86. The van der Waals surface area contributed by atoms with E-state index >= 15 is 0 Å². The van der Waals surface area contributed by atoms with E-state index in [2.05, 4.69) is 5.32 Å². The quantitative estimate of drug-likeness (QED) is 0.535. The number of hydrogen-bond acceptors (Lipinski definition) is 4. The molecule has 1 heterocycles. The number of carboxylic acid groups (broad SMARTS) is 1. The van der Waals surface area contributed by atoms with E-state index < -0.39 is 12.0 Å². The van der Waals surface area contributed by atoms with Crippen molar-refractivity contribution >= 4 is 11.9 Å². The van der Waals surface area contributed by atoms with E-state index in [4.69, 9.17) is 15.6 Å². The number of nitrogens with two attached hydrogens (primary N) is 1. The summed E-state index contributed by atoms with van der Waals surface area (Å²) in [6.07, 6.45) is 2.68. The Labute approximate surface area is 101 Å². The topological polar surface area (TPSA) is 102 Å². The molecule has 0 saturated carbocycles. The molecule has 0 spiro atoms. The van der Waals surface area contributed by atoms with Crippen LogP contribution in [-0.4, -0.2) is 42.8 Å². The number of rotatable bonds is 7. The van der Waals surface area contributed by atoms with Crippen LogP contribution in [0.15, 0.2) is 0 Å². The molecule has 1 saturated heterocycles. The molecule has 6 heteroatoms. The average molecular weight is 244 g/mol. The minimum absolute atomic E-state index is 0.0173. The number of ether oxygens (including phenoxy) is 1. The lowest BCUT2D eigenvalue weighted by Crippen LogP contribution is -2.32. The van der Waals surface area contributed by atoms with Crippen molar-refractivity contribution in [2.75, 3.05) is 19.8 Å². The van der Waals surface area contributed by atoms with Gasteiger partial charge in [0.2, 0.25) is 5.91 Å². The molecule has 4 N–H and O–H groups in total. The molecule has 0 aliphatic carbocycles. The Bertz CT molecular complexity index is 264. The lowest BCUT2D eigenvalue weighted by atomic mass is 10.1. The number of carbonyl (C=O) groups is 2. The molecule has 0 aromatic rings. The first-order valence-corrected chi connectivity index (χ1v) is 5.95. The Morgan fingerprint density at radius 3 is 2.82 bits per heavy atom. The van der Waals surface area contributed by atoms with Gasteiger partial charge in [-0.05, 0) is 25.7 Å². The Balaban J connectivity index is 2.00. The molecule has 17 heavy (non-hydrogen) atoms. The van der Waals surface area contributed by atoms with Crippen LogP contribution in [0.1, 0.15) is 25.7 Å². The molecule has 0 aromatic heterocycles. The molecule has 1 amide bonds. The molecule has 0 unspecified atom stereocenters. The fraction of sp³-hybridized carbons (Fsp3) is 0.818. The highest BCUT2D eigenvalue weighted by molar-refractivity contribution is 5.78. The second-order valence-corrected chi connectivity index (χ2v) is 4.29. The number of hydrogen-bond donors (Lipinski definition) is 3. The van der Waals surface area contributed by atoms with Crippen molar-refractivity contribution in [2.24, 2.45) is 11.7 Å². The summed E-state index contributed by atoms with van der Waals surface area (Å²) in [4.78, 5) is 22.0. The number of carbonyl (C=O) groups excluding carboxylic acids is 1. The van der Waals surface area contributed by atoms with Gasteiger partial charge in [-0.2, -0.15) is 0 Å². The van der Waals surface area contributed by atoms with Gasteiger partial charge in [0, 0.05) is 13.2 Å². The maximum atomic E-state index is 11.5. The van der Waals surface area contributed by atoms with Crippen molar-refractivity contribution in [2.45, 2.75) is 31.7 Å². The normalized spacial score (nSPS) is 21.1. The highest BCUT2D eigenvalue weighted by Crippen LogP contribution is 2.11. The number of unbranched alkanes of at least 4 members (excludes halogenated alkanes) is 1. The summed E-state index contributed by atoms with van der Waals surface area (Å²) < 4.78 is 5.12. The van der Waals surface area contributed by atoms with Gasteiger partial charge in [0.1, 0.15) is 6.04 Å². The Kier molecular flexibility index (Phi) is 5.93. The predicted octanol–water partition coefficient (Wildman–Crippen LogP) is -0.279. The zero-order chi connectivity index (χ0) is 12.7. The molecule has 0 aromatic carbocycles. The highest BCUT2D eigenvalue weighted by atomic mass is 16.5. The number of amides is 1. The lowest BCUT2D eigenvalue weighted by molar-refractivity contribution is -0.138. The van der Waals surface area contributed by atoms with E-state index in [9.17, 15) is 9.59 Å². The third-order valence-corrected chi connectivity index (χ3v) is 2.86. The fourth-order valence-corrected chi connectivity index (χ4v) is 1.71. The van der Waals surface area contributed by atoms with Gasteiger partial charge in [0.05, 0.1) is 12.5 Å². The molecular weight excluding hydrogens is 224 g/mol. The van der Waals surface area contributed by atoms with E-state index in [0.717, 1.165) is 12.8 Å². The minimum atomic E-state index is -0.975. The predicted molar refractivity (Wildman–Crippen MR) is 61.4 cm³/mol. The first-order valence-electron chi connectivity index (χ1n) is 5.95. The average Bonchev–Trinajstić information content (AvgIpc) is 2.81. The van der Waals surface area contributed by atoms with E-state index in [-0.39, 0.29) is 11.8 Å². The summed E-state index contributed by atoms with van der Waals surface area (Å²) >= 11 is 0. The van der Waals surface area contributed by atoms with Crippen LogP contribution in [0.2, 0.25) is 0 Å². The molecule has 6 nitrogen and oxygen atoms in total. The van der Waals surface area contributed by atoms with Crippen LogP contribution in [0.25, 0.3) is 0 Å². The molecule has 0 radical (unpaired) electrons. The van der Waals surface area contributed by atoms with Gasteiger partial charge in [0.25, 0.3) is 0 Å². The van der Waals surface area contributed by atoms with Gasteiger partial charge in [-0.25, -0.2) is 0 Å². The van der Waals surface area contributed by atoms with Crippen LogP contribution in [0.5, 0.6) is 0 Å². The highest BCUT2D eigenvalue weighted by Gasteiger charge is 2.22. The Hall–Kier alpha value is -1.14. The number of carboxylic acids is 1. The van der Waals surface area contributed by atoms with Crippen molar-refractivity contribution in [1.29, 1.82) is 0 Å². The first kappa shape index (κ1) is 13.9.